The third-order valence-corrected chi connectivity index (χ3v) is 3.98. The summed E-state index contributed by atoms with van der Waals surface area (Å²) >= 11 is 0. The molecule has 4 nitrogen and oxygen atoms in total. The molecule has 0 aliphatic carbocycles. The molecule has 0 saturated heterocycles. The minimum Gasteiger partial charge on any atom is -0.492 e. The topological polar surface area (TPSA) is 50.4 Å². The van der Waals surface area contributed by atoms with Crippen LogP contribution in [0.5, 0.6) is 5.75 Å². The maximum atomic E-state index is 11.9. The lowest BCUT2D eigenvalue weighted by molar-refractivity contribution is 0.247. The molecule has 2 aromatic carbocycles. The van der Waals surface area contributed by atoms with Crippen LogP contribution < -0.4 is 15.4 Å². The first kappa shape index (κ1) is 18.8. The molecule has 0 fully saturated rings. The lowest BCUT2D eigenvalue weighted by Gasteiger charge is -2.19. The Balaban J connectivity index is 1.74. The summed E-state index contributed by atoms with van der Waals surface area (Å²) in [6.45, 7) is 9.49. The van der Waals surface area contributed by atoms with Gasteiger partial charge >= 0.3 is 6.03 Å². The minimum atomic E-state index is -0.226. The fourth-order valence-corrected chi connectivity index (χ4v) is 2.38. The van der Waals surface area contributed by atoms with Crippen LogP contribution in [0.2, 0.25) is 0 Å². The molecular formula is C21H28N2O2. The maximum absolute atomic E-state index is 11.9. The van der Waals surface area contributed by atoms with Crippen molar-refractivity contribution >= 4 is 11.7 Å². The number of amides is 2. The first-order valence-corrected chi connectivity index (χ1v) is 8.75. The molecule has 0 atom stereocenters. The molecule has 0 bridgehead atoms. The van der Waals surface area contributed by atoms with E-state index in [9.17, 15) is 4.79 Å². The standard InChI is InChI=1S/C21H28N2O2/c1-5-16-9-11-18(12-10-16)23-20(24)22-13-14-25-19-8-6-7-17(15-19)21(2,3)4/h6-12,15H,5,13-14H2,1-4H3,(H2,22,23,24). The van der Waals surface area contributed by atoms with Gasteiger partial charge in [-0.15, -0.1) is 0 Å². The van der Waals surface area contributed by atoms with Crippen LogP contribution in [0.1, 0.15) is 38.8 Å². The summed E-state index contributed by atoms with van der Waals surface area (Å²) in [6, 6.07) is 15.7. The van der Waals surface area contributed by atoms with Gasteiger partial charge in [-0.05, 0) is 47.2 Å². The second kappa shape index (κ2) is 8.56. The van der Waals surface area contributed by atoms with Crippen LogP contribution in [0.15, 0.2) is 48.5 Å². The SMILES string of the molecule is CCc1ccc(NC(=O)NCCOc2cccc(C(C)(C)C)c2)cc1. The van der Waals surface area contributed by atoms with Crippen molar-refractivity contribution in [2.45, 2.75) is 39.5 Å². The van der Waals surface area contributed by atoms with E-state index < -0.39 is 0 Å². The molecule has 0 radical (unpaired) electrons. The number of ether oxygens (including phenoxy) is 1. The van der Waals surface area contributed by atoms with Gasteiger partial charge in [0.05, 0.1) is 6.54 Å². The molecular weight excluding hydrogens is 312 g/mol. The molecule has 2 rings (SSSR count). The molecule has 2 N–H and O–H groups in total. The smallest absolute Gasteiger partial charge is 0.319 e. The third-order valence-electron chi connectivity index (χ3n) is 3.98. The Morgan fingerprint density at radius 2 is 1.80 bits per heavy atom. The Kier molecular flexibility index (Phi) is 6.45. The molecule has 0 heterocycles. The van der Waals surface area contributed by atoms with Crippen molar-refractivity contribution in [2.24, 2.45) is 0 Å². The highest BCUT2D eigenvalue weighted by Gasteiger charge is 2.13. The predicted octanol–water partition coefficient (Wildman–Crippen LogP) is 4.75. The number of benzene rings is 2. The van der Waals surface area contributed by atoms with Gasteiger partial charge in [-0.25, -0.2) is 4.79 Å². The maximum Gasteiger partial charge on any atom is 0.319 e. The van der Waals surface area contributed by atoms with Crippen molar-refractivity contribution in [3.05, 3.63) is 59.7 Å². The minimum absolute atomic E-state index is 0.0881. The number of carbonyl (C=O) groups is 1. The number of aryl methyl sites for hydroxylation is 1. The molecule has 25 heavy (non-hydrogen) atoms. The Labute approximate surface area is 150 Å². The number of urea groups is 1. The monoisotopic (exact) mass is 340 g/mol. The first-order chi connectivity index (χ1) is 11.9. The summed E-state index contributed by atoms with van der Waals surface area (Å²) in [5, 5.41) is 5.62. The zero-order chi connectivity index (χ0) is 18.3. The fraction of sp³-hybridized carbons (Fsp3) is 0.381. The van der Waals surface area contributed by atoms with Crippen LogP contribution in [0.4, 0.5) is 10.5 Å². The highest BCUT2D eigenvalue weighted by molar-refractivity contribution is 5.89. The molecule has 0 unspecified atom stereocenters. The largest absolute Gasteiger partial charge is 0.492 e. The zero-order valence-electron chi connectivity index (χ0n) is 15.6. The van der Waals surface area contributed by atoms with Gasteiger partial charge in [-0.2, -0.15) is 0 Å². The highest BCUT2D eigenvalue weighted by atomic mass is 16.5. The lowest BCUT2D eigenvalue weighted by Crippen LogP contribution is -2.32. The second-order valence-electron chi connectivity index (χ2n) is 7.06. The molecule has 0 spiro atoms. The summed E-state index contributed by atoms with van der Waals surface area (Å²) in [4.78, 5) is 11.9. The number of hydrogen-bond donors (Lipinski definition) is 2. The second-order valence-corrected chi connectivity index (χ2v) is 7.06. The number of hydrogen-bond acceptors (Lipinski definition) is 2. The van der Waals surface area contributed by atoms with Gasteiger partial charge in [-0.1, -0.05) is 52.0 Å². The van der Waals surface area contributed by atoms with Gasteiger partial charge in [0.1, 0.15) is 12.4 Å². The Bertz CT molecular complexity index is 688. The lowest BCUT2D eigenvalue weighted by atomic mass is 9.87. The van der Waals surface area contributed by atoms with E-state index in [0.717, 1.165) is 17.9 Å². The van der Waals surface area contributed by atoms with Crippen molar-refractivity contribution in [1.82, 2.24) is 5.32 Å². The summed E-state index contributed by atoms with van der Waals surface area (Å²) in [5.74, 6) is 0.824. The van der Waals surface area contributed by atoms with Gasteiger partial charge in [0, 0.05) is 5.69 Å². The van der Waals surface area contributed by atoms with Crippen LogP contribution >= 0.6 is 0 Å². The number of anilines is 1. The van der Waals surface area contributed by atoms with Crippen molar-refractivity contribution in [2.75, 3.05) is 18.5 Å². The van der Waals surface area contributed by atoms with Crippen LogP contribution in [-0.4, -0.2) is 19.2 Å². The van der Waals surface area contributed by atoms with Gasteiger partial charge in [-0.3, -0.25) is 0 Å². The van der Waals surface area contributed by atoms with Crippen molar-refractivity contribution in [3.8, 4) is 5.75 Å². The molecule has 0 aliphatic rings. The number of nitrogens with one attached hydrogen (secondary N) is 2. The predicted molar refractivity (Wildman–Crippen MR) is 103 cm³/mol. The van der Waals surface area contributed by atoms with Gasteiger partial charge in [0.15, 0.2) is 0 Å². The van der Waals surface area contributed by atoms with Gasteiger partial charge in [0.25, 0.3) is 0 Å². The summed E-state index contributed by atoms with van der Waals surface area (Å²) in [6.07, 6.45) is 0.986. The van der Waals surface area contributed by atoms with E-state index in [0.29, 0.717) is 13.2 Å². The highest BCUT2D eigenvalue weighted by Crippen LogP contribution is 2.25. The average Bonchev–Trinajstić information content (AvgIpc) is 2.59. The van der Waals surface area contributed by atoms with Gasteiger partial charge < -0.3 is 15.4 Å². The van der Waals surface area contributed by atoms with E-state index in [1.54, 1.807) is 0 Å². The zero-order valence-corrected chi connectivity index (χ0v) is 15.6. The molecule has 4 heteroatoms. The van der Waals surface area contributed by atoms with E-state index in [1.807, 2.05) is 36.4 Å². The van der Waals surface area contributed by atoms with E-state index in [-0.39, 0.29) is 11.4 Å². The summed E-state index contributed by atoms with van der Waals surface area (Å²) in [7, 11) is 0. The Hall–Kier alpha value is -2.49. The third kappa shape index (κ3) is 6.14. The first-order valence-electron chi connectivity index (χ1n) is 8.75. The van der Waals surface area contributed by atoms with Gasteiger partial charge in [0.2, 0.25) is 0 Å². The van der Waals surface area contributed by atoms with E-state index in [4.69, 9.17) is 4.74 Å². The molecule has 0 aliphatic heterocycles. The Morgan fingerprint density at radius 3 is 2.44 bits per heavy atom. The van der Waals surface area contributed by atoms with Crippen molar-refractivity contribution < 1.29 is 9.53 Å². The van der Waals surface area contributed by atoms with E-state index in [1.165, 1.54) is 11.1 Å². The van der Waals surface area contributed by atoms with E-state index in [2.05, 4.69) is 50.5 Å². The molecule has 0 saturated carbocycles. The normalized spacial score (nSPS) is 11.0. The van der Waals surface area contributed by atoms with Crippen LogP contribution in [0.25, 0.3) is 0 Å². The molecule has 2 aromatic rings. The van der Waals surface area contributed by atoms with Crippen LogP contribution in [0, 0.1) is 0 Å². The fourth-order valence-electron chi connectivity index (χ4n) is 2.38. The van der Waals surface area contributed by atoms with E-state index >= 15 is 0 Å². The summed E-state index contributed by atoms with van der Waals surface area (Å²) in [5.41, 5.74) is 3.35. The number of rotatable bonds is 6. The quantitative estimate of drug-likeness (QED) is 0.746. The average molecular weight is 340 g/mol. The van der Waals surface area contributed by atoms with Crippen LogP contribution in [-0.2, 0) is 11.8 Å². The van der Waals surface area contributed by atoms with Crippen molar-refractivity contribution in [1.29, 1.82) is 0 Å². The molecule has 0 aromatic heterocycles. The van der Waals surface area contributed by atoms with Crippen LogP contribution in [0.3, 0.4) is 0 Å². The van der Waals surface area contributed by atoms with Crippen molar-refractivity contribution in [3.63, 3.8) is 0 Å². The molecule has 134 valence electrons. The Morgan fingerprint density at radius 1 is 1.08 bits per heavy atom. The summed E-state index contributed by atoms with van der Waals surface area (Å²) < 4.78 is 5.73. The molecule has 2 amide bonds. The number of carbonyl (C=O) groups excluding carboxylic acids is 1.